The van der Waals surface area contributed by atoms with Gasteiger partial charge < -0.3 is 14.5 Å². The van der Waals surface area contributed by atoms with Crippen molar-refractivity contribution in [2.24, 2.45) is 11.3 Å². The van der Waals surface area contributed by atoms with Crippen molar-refractivity contribution in [1.82, 2.24) is 4.90 Å². The summed E-state index contributed by atoms with van der Waals surface area (Å²) in [5.74, 6) is 1.58. The van der Waals surface area contributed by atoms with E-state index in [-0.39, 0.29) is 12.4 Å². The lowest BCUT2D eigenvalue weighted by atomic mass is 9.68. The van der Waals surface area contributed by atoms with E-state index in [9.17, 15) is 0 Å². The lowest BCUT2D eigenvalue weighted by Crippen LogP contribution is -2.47. The zero-order valence-corrected chi connectivity index (χ0v) is 21.8. The van der Waals surface area contributed by atoms with Crippen LogP contribution in [0.4, 0.5) is 11.4 Å². The number of nitrogens with zero attached hydrogens (tertiary/aromatic N) is 3. The molecule has 182 valence electrons. The van der Waals surface area contributed by atoms with Gasteiger partial charge in [0.05, 0.1) is 13.2 Å². The molecule has 2 aliphatic heterocycles. The molecule has 2 heterocycles. The van der Waals surface area contributed by atoms with E-state index in [0.717, 1.165) is 32.2 Å². The molecule has 0 bridgehead atoms. The van der Waals surface area contributed by atoms with Gasteiger partial charge in [-0.05, 0) is 79.7 Å². The fourth-order valence-electron chi connectivity index (χ4n) is 5.97. The maximum atomic E-state index is 5.61. The molecular formula is C27H46ClN3O. The molecule has 1 saturated carbocycles. The highest BCUT2D eigenvalue weighted by atomic mass is 35.5. The van der Waals surface area contributed by atoms with Crippen molar-refractivity contribution in [2.75, 3.05) is 68.8 Å². The van der Waals surface area contributed by atoms with E-state index in [2.05, 4.69) is 60.6 Å². The molecular weight excluding hydrogens is 418 g/mol. The summed E-state index contributed by atoms with van der Waals surface area (Å²) < 4.78 is 5.61. The van der Waals surface area contributed by atoms with E-state index in [0.29, 0.717) is 11.3 Å². The predicted molar refractivity (Wildman–Crippen MR) is 140 cm³/mol. The summed E-state index contributed by atoms with van der Waals surface area (Å²) in [5.41, 5.74) is 5.00. The highest BCUT2D eigenvalue weighted by Crippen LogP contribution is 2.46. The Kier molecular flexibility index (Phi) is 9.17. The van der Waals surface area contributed by atoms with Gasteiger partial charge in [-0.15, -0.1) is 12.4 Å². The number of halogens is 1. The maximum Gasteiger partial charge on any atom is 0.0642 e. The zero-order valence-electron chi connectivity index (χ0n) is 20.9. The van der Waals surface area contributed by atoms with Crippen LogP contribution in [0.1, 0.15) is 71.3 Å². The molecule has 3 fully saturated rings. The fourth-order valence-corrected chi connectivity index (χ4v) is 5.97. The fraction of sp³-hybridized carbons (Fsp3) is 0.778. The summed E-state index contributed by atoms with van der Waals surface area (Å²) >= 11 is 0. The Hall–Kier alpha value is -0.970. The standard InChI is InChI=1S/C27H45N3O.ClH/c1-5-12-28-13-15-30(16-14-28)26-11-10-24(29-17-19-31-20-18-29)21-25(26)22-6-8-23(9-7-22)27(2,3)4;/h10-11,21-23H,5-9,12-20H2,1-4H3;1H. The quantitative estimate of drug-likeness (QED) is 0.549. The van der Waals surface area contributed by atoms with E-state index in [1.807, 2.05) is 0 Å². The predicted octanol–water partition coefficient (Wildman–Crippen LogP) is 5.80. The summed E-state index contributed by atoms with van der Waals surface area (Å²) in [7, 11) is 0. The van der Waals surface area contributed by atoms with Gasteiger partial charge in [-0.1, -0.05) is 27.7 Å². The van der Waals surface area contributed by atoms with Crippen LogP contribution in [0.5, 0.6) is 0 Å². The minimum Gasteiger partial charge on any atom is -0.378 e. The first kappa shape index (κ1) is 25.6. The van der Waals surface area contributed by atoms with Gasteiger partial charge in [0.15, 0.2) is 0 Å². The summed E-state index contributed by atoms with van der Waals surface area (Å²) in [4.78, 5) is 7.84. The Morgan fingerprint density at radius 3 is 2.12 bits per heavy atom. The Balaban J connectivity index is 0.00000289. The summed E-state index contributed by atoms with van der Waals surface area (Å²) in [6, 6.07) is 7.38. The molecule has 0 atom stereocenters. The molecule has 0 radical (unpaired) electrons. The third kappa shape index (κ3) is 6.12. The topological polar surface area (TPSA) is 19.0 Å². The van der Waals surface area contributed by atoms with Crippen LogP contribution < -0.4 is 9.80 Å². The normalized spacial score (nSPS) is 25.5. The first-order chi connectivity index (χ1) is 15.0. The molecule has 1 aromatic rings. The molecule has 1 aromatic carbocycles. The minimum atomic E-state index is 0. The number of rotatable bonds is 5. The van der Waals surface area contributed by atoms with Crippen molar-refractivity contribution in [2.45, 2.75) is 65.7 Å². The van der Waals surface area contributed by atoms with Crippen LogP contribution in [0.2, 0.25) is 0 Å². The molecule has 0 unspecified atom stereocenters. The van der Waals surface area contributed by atoms with Gasteiger partial charge in [-0.2, -0.15) is 0 Å². The minimum absolute atomic E-state index is 0. The van der Waals surface area contributed by atoms with Gasteiger partial charge in [0, 0.05) is 50.6 Å². The molecule has 0 N–H and O–H groups in total. The smallest absolute Gasteiger partial charge is 0.0642 e. The molecule has 5 heteroatoms. The average Bonchev–Trinajstić information content (AvgIpc) is 2.80. The average molecular weight is 464 g/mol. The summed E-state index contributed by atoms with van der Waals surface area (Å²) in [5, 5.41) is 0. The van der Waals surface area contributed by atoms with E-state index in [1.165, 1.54) is 76.2 Å². The second kappa shape index (κ2) is 11.4. The van der Waals surface area contributed by atoms with Gasteiger partial charge in [-0.25, -0.2) is 0 Å². The summed E-state index contributed by atoms with van der Waals surface area (Å²) in [6.45, 7) is 19.3. The van der Waals surface area contributed by atoms with Crippen molar-refractivity contribution in [3.63, 3.8) is 0 Å². The number of piperazine rings is 1. The molecule has 3 aliphatic rings. The second-order valence-corrected chi connectivity index (χ2v) is 11.1. The monoisotopic (exact) mass is 463 g/mol. The Labute approximate surface area is 203 Å². The maximum absolute atomic E-state index is 5.61. The SMILES string of the molecule is CCCN1CCN(c2ccc(N3CCOCC3)cc2C2CCC(C(C)(C)C)CC2)CC1.Cl. The molecule has 0 aromatic heterocycles. The highest BCUT2D eigenvalue weighted by Gasteiger charge is 2.32. The Morgan fingerprint density at radius 1 is 0.875 bits per heavy atom. The number of benzene rings is 1. The van der Waals surface area contributed by atoms with E-state index in [4.69, 9.17) is 4.74 Å². The number of ether oxygens (including phenoxy) is 1. The first-order valence-electron chi connectivity index (χ1n) is 12.9. The lowest BCUT2D eigenvalue weighted by molar-refractivity contribution is 0.122. The van der Waals surface area contributed by atoms with Crippen molar-refractivity contribution in [1.29, 1.82) is 0 Å². The third-order valence-corrected chi connectivity index (χ3v) is 8.03. The molecule has 4 rings (SSSR count). The van der Waals surface area contributed by atoms with Crippen LogP contribution in [0.25, 0.3) is 0 Å². The van der Waals surface area contributed by atoms with Gasteiger partial charge >= 0.3 is 0 Å². The number of hydrogen-bond acceptors (Lipinski definition) is 4. The first-order valence-corrected chi connectivity index (χ1v) is 12.9. The lowest BCUT2D eigenvalue weighted by Gasteiger charge is -2.41. The van der Waals surface area contributed by atoms with Gasteiger partial charge in [0.25, 0.3) is 0 Å². The largest absolute Gasteiger partial charge is 0.378 e. The van der Waals surface area contributed by atoms with Crippen LogP contribution in [0.3, 0.4) is 0 Å². The molecule has 4 nitrogen and oxygen atoms in total. The number of anilines is 2. The molecule has 2 saturated heterocycles. The zero-order chi connectivity index (χ0) is 21.8. The van der Waals surface area contributed by atoms with Crippen LogP contribution in [-0.2, 0) is 4.74 Å². The van der Waals surface area contributed by atoms with Crippen molar-refractivity contribution >= 4 is 23.8 Å². The second-order valence-electron chi connectivity index (χ2n) is 11.1. The molecule has 0 amide bonds. The highest BCUT2D eigenvalue weighted by molar-refractivity contribution is 5.85. The molecule has 32 heavy (non-hydrogen) atoms. The number of morpholine rings is 1. The Bertz CT molecular complexity index is 697. The van der Waals surface area contributed by atoms with Crippen molar-refractivity contribution in [3.8, 4) is 0 Å². The van der Waals surface area contributed by atoms with Gasteiger partial charge in [0.1, 0.15) is 0 Å². The van der Waals surface area contributed by atoms with Crippen molar-refractivity contribution < 1.29 is 4.74 Å². The van der Waals surface area contributed by atoms with E-state index < -0.39 is 0 Å². The third-order valence-electron chi connectivity index (χ3n) is 8.03. The summed E-state index contributed by atoms with van der Waals surface area (Å²) in [6.07, 6.45) is 6.70. The number of hydrogen-bond donors (Lipinski definition) is 0. The van der Waals surface area contributed by atoms with Crippen LogP contribution in [-0.4, -0.2) is 63.9 Å². The van der Waals surface area contributed by atoms with Crippen LogP contribution >= 0.6 is 12.4 Å². The van der Waals surface area contributed by atoms with Gasteiger partial charge in [0.2, 0.25) is 0 Å². The van der Waals surface area contributed by atoms with Crippen LogP contribution in [0.15, 0.2) is 18.2 Å². The molecule has 1 aliphatic carbocycles. The van der Waals surface area contributed by atoms with Gasteiger partial charge in [-0.3, -0.25) is 4.90 Å². The van der Waals surface area contributed by atoms with Crippen LogP contribution in [0, 0.1) is 11.3 Å². The van der Waals surface area contributed by atoms with E-state index >= 15 is 0 Å². The Morgan fingerprint density at radius 2 is 1.53 bits per heavy atom. The molecule has 0 spiro atoms. The van der Waals surface area contributed by atoms with E-state index in [1.54, 1.807) is 5.56 Å². The van der Waals surface area contributed by atoms with Crippen molar-refractivity contribution in [3.05, 3.63) is 23.8 Å².